The lowest BCUT2D eigenvalue weighted by molar-refractivity contribution is -0.139. The number of benzene rings is 1. The Labute approximate surface area is 104 Å². The van der Waals surface area contributed by atoms with Crippen LogP contribution < -0.4 is 4.74 Å². The van der Waals surface area contributed by atoms with Crippen LogP contribution in [-0.4, -0.2) is 22.2 Å². The van der Waals surface area contributed by atoms with E-state index in [-0.39, 0.29) is 6.61 Å². The number of ether oxygens (including phenoxy) is 1. The summed E-state index contributed by atoms with van der Waals surface area (Å²) >= 11 is 0.500. The zero-order chi connectivity index (χ0) is 13.0. The fraction of sp³-hybridized carbons (Fsp3) is 0.333. The standard InChI is InChI=1S/C12H14O4S/c1-7-4-8(2)12(16-5-11(13)14)9(3)10(7)6-17-15/h4,15H,5H2,1-3H3,(H,13,14). The molecule has 2 N–H and O–H groups in total. The van der Waals surface area contributed by atoms with Gasteiger partial charge in [-0.25, -0.2) is 4.79 Å². The third-order valence-electron chi connectivity index (χ3n) is 2.39. The van der Waals surface area contributed by atoms with Crippen LogP contribution >= 0.6 is 11.5 Å². The van der Waals surface area contributed by atoms with Crippen molar-refractivity contribution >= 4 is 17.4 Å². The lowest BCUT2D eigenvalue weighted by atomic mass is 10.00. The smallest absolute Gasteiger partial charge is 0.341 e. The molecule has 0 aliphatic rings. The molecule has 1 aromatic carbocycles. The van der Waals surface area contributed by atoms with Gasteiger partial charge in [0.15, 0.2) is 6.61 Å². The summed E-state index contributed by atoms with van der Waals surface area (Å²) < 4.78 is 14.1. The van der Waals surface area contributed by atoms with Crippen molar-refractivity contribution in [2.45, 2.75) is 20.8 Å². The maximum atomic E-state index is 10.5. The van der Waals surface area contributed by atoms with E-state index in [9.17, 15) is 4.79 Å². The molecule has 0 amide bonds. The highest BCUT2D eigenvalue weighted by Crippen LogP contribution is 2.28. The van der Waals surface area contributed by atoms with Crippen LogP contribution in [0.15, 0.2) is 6.07 Å². The zero-order valence-electron chi connectivity index (χ0n) is 9.90. The molecule has 0 radical (unpaired) electrons. The number of aryl methyl sites for hydroxylation is 2. The van der Waals surface area contributed by atoms with Crippen molar-refractivity contribution < 1.29 is 19.2 Å². The average Bonchev–Trinajstić information content (AvgIpc) is 2.23. The summed E-state index contributed by atoms with van der Waals surface area (Å²) in [4.78, 5) is 10.5. The summed E-state index contributed by atoms with van der Waals surface area (Å²) in [6, 6.07) is 1.88. The minimum atomic E-state index is -1.02. The molecule has 1 aromatic rings. The number of carbonyl (C=O) groups is 1. The number of hydrogen-bond donors (Lipinski definition) is 2. The van der Waals surface area contributed by atoms with Gasteiger partial charge in [0.1, 0.15) is 5.75 Å². The van der Waals surface area contributed by atoms with E-state index in [1.807, 2.05) is 26.8 Å². The van der Waals surface area contributed by atoms with E-state index in [4.69, 9.17) is 14.4 Å². The maximum absolute atomic E-state index is 10.5. The number of hydrogen-bond acceptors (Lipinski definition) is 3. The fourth-order valence-corrected chi connectivity index (χ4v) is 2.13. The van der Waals surface area contributed by atoms with Crippen molar-refractivity contribution in [3.8, 4) is 10.9 Å². The molecule has 0 atom stereocenters. The summed E-state index contributed by atoms with van der Waals surface area (Å²) in [5, 5.41) is 11.3. The van der Waals surface area contributed by atoms with Crippen molar-refractivity contribution in [3.05, 3.63) is 28.3 Å². The van der Waals surface area contributed by atoms with Gasteiger partial charge in [0, 0.05) is 22.6 Å². The number of rotatable bonds is 3. The molecule has 5 heteroatoms. The van der Waals surface area contributed by atoms with Crippen LogP contribution in [0.5, 0.6) is 5.75 Å². The van der Waals surface area contributed by atoms with Crippen molar-refractivity contribution in [3.63, 3.8) is 0 Å². The van der Waals surface area contributed by atoms with Crippen molar-refractivity contribution in [1.82, 2.24) is 0 Å². The van der Waals surface area contributed by atoms with Crippen LogP contribution in [0.3, 0.4) is 0 Å². The van der Waals surface area contributed by atoms with E-state index in [0.717, 1.165) is 22.3 Å². The minimum absolute atomic E-state index is 0.379. The van der Waals surface area contributed by atoms with Crippen LogP contribution in [0.4, 0.5) is 0 Å². The topological polar surface area (TPSA) is 66.8 Å². The second kappa shape index (κ2) is 5.68. The van der Waals surface area contributed by atoms with Gasteiger partial charge in [-0.1, -0.05) is 6.07 Å². The molecule has 0 saturated carbocycles. The van der Waals surface area contributed by atoms with E-state index in [0.29, 0.717) is 17.2 Å². The third-order valence-corrected chi connectivity index (χ3v) is 2.68. The molecule has 92 valence electrons. The normalized spacial score (nSPS) is 9.65. The van der Waals surface area contributed by atoms with Crippen LogP contribution in [-0.2, 0) is 4.79 Å². The lowest BCUT2D eigenvalue weighted by Gasteiger charge is -2.14. The summed E-state index contributed by atoms with van der Waals surface area (Å²) in [7, 11) is 0. The first-order chi connectivity index (χ1) is 7.97. The highest BCUT2D eigenvalue weighted by atomic mass is 32.1. The summed E-state index contributed by atoms with van der Waals surface area (Å²) in [6.07, 6.45) is 0. The van der Waals surface area contributed by atoms with Gasteiger partial charge < -0.3 is 14.4 Å². The Morgan fingerprint density at radius 2 is 2.06 bits per heavy atom. The number of carboxylic acid groups (broad SMARTS) is 1. The van der Waals surface area contributed by atoms with Crippen molar-refractivity contribution in [1.29, 1.82) is 0 Å². The fourth-order valence-electron chi connectivity index (χ4n) is 1.73. The van der Waals surface area contributed by atoms with Crippen LogP contribution in [0.2, 0.25) is 0 Å². The van der Waals surface area contributed by atoms with E-state index in [1.165, 1.54) is 0 Å². The van der Waals surface area contributed by atoms with E-state index in [2.05, 4.69) is 5.18 Å². The molecule has 0 heterocycles. The molecule has 0 spiro atoms. The lowest BCUT2D eigenvalue weighted by Crippen LogP contribution is -2.11. The number of carboxylic acids is 1. The van der Waals surface area contributed by atoms with Gasteiger partial charge >= 0.3 is 5.97 Å². The van der Waals surface area contributed by atoms with Crippen LogP contribution in [0.25, 0.3) is 0 Å². The SMILES string of the molecule is Cc1cc(C)c(OCC(=O)O)c(C)c1C#SO. The first-order valence-electron chi connectivity index (χ1n) is 4.99. The van der Waals surface area contributed by atoms with Gasteiger partial charge in [-0.05, 0) is 37.1 Å². The van der Waals surface area contributed by atoms with E-state index >= 15 is 0 Å². The minimum Gasteiger partial charge on any atom is -0.481 e. The molecule has 0 aromatic heterocycles. The Morgan fingerprint density at radius 1 is 1.41 bits per heavy atom. The second-order valence-electron chi connectivity index (χ2n) is 3.72. The first kappa shape index (κ1) is 13.5. The Balaban J connectivity index is 3.23. The molecule has 4 nitrogen and oxygen atoms in total. The Bertz CT molecular complexity index is 511. The van der Waals surface area contributed by atoms with Crippen LogP contribution in [0.1, 0.15) is 22.3 Å². The van der Waals surface area contributed by atoms with Gasteiger partial charge in [-0.3, -0.25) is 0 Å². The zero-order valence-corrected chi connectivity index (χ0v) is 10.7. The predicted molar refractivity (Wildman–Crippen MR) is 67.0 cm³/mol. The molecule has 0 saturated heterocycles. The Kier molecular flexibility index (Phi) is 4.52. The largest absolute Gasteiger partial charge is 0.481 e. The Morgan fingerprint density at radius 3 is 2.59 bits per heavy atom. The second-order valence-corrected chi connectivity index (χ2v) is 4.10. The summed E-state index contributed by atoms with van der Waals surface area (Å²) in [5.74, 6) is -0.482. The molecule has 0 unspecified atom stereocenters. The summed E-state index contributed by atoms with van der Waals surface area (Å²) in [6.45, 7) is 5.19. The number of aliphatic carboxylic acids is 1. The highest BCUT2D eigenvalue weighted by Gasteiger charge is 2.12. The van der Waals surface area contributed by atoms with Gasteiger partial charge in [-0.2, -0.15) is 0 Å². The van der Waals surface area contributed by atoms with Gasteiger partial charge in [-0.15, -0.1) is 0 Å². The Hall–Kier alpha value is -1.55. The van der Waals surface area contributed by atoms with Crippen molar-refractivity contribution in [2.24, 2.45) is 0 Å². The summed E-state index contributed by atoms with van der Waals surface area (Å²) in [5.41, 5.74) is 3.35. The molecule has 0 fully saturated rings. The van der Waals surface area contributed by atoms with Gasteiger partial charge in [0.2, 0.25) is 0 Å². The maximum Gasteiger partial charge on any atom is 0.341 e. The molecule has 0 aliphatic carbocycles. The van der Waals surface area contributed by atoms with E-state index < -0.39 is 5.97 Å². The molecular weight excluding hydrogens is 240 g/mol. The van der Waals surface area contributed by atoms with Gasteiger partial charge in [0.05, 0.1) is 0 Å². The third kappa shape index (κ3) is 3.20. The average molecular weight is 254 g/mol. The predicted octanol–water partition coefficient (Wildman–Crippen LogP) is 2.59. The molecule has 0 bridgehead atoms. The molecule has 17 heavy (non-hydrogen) atoms. The van der Waals surface area contributed by atoms with Crippen molar-refractivity contribution in [2.75, 3.05) is 6.61 Å². The molecule has 1 rings (SSSR count). The van der Waals surface area contributed by atoms with Crippen LogP contribution in [0, 0.1) is 26.0 Å². The quantitative estimate of drug-likeness (QED) is 0.814. The first-order valence-corrected chi connectivity index (χ1v) is 5.76. The highest BCUT2D eigenvalue weighted by molar-refractivity contribution is 7.82. The van der Waals surface area contributed by atoms with E-state index in [1.54, 1.807) is 0 Å². The monoisotopic (exact) mass is 254 g/mol. The molecule has 0 aliphatic heterocycles. The van der Waals surface area contributed by atoms with Gasteiger partial charge in [0.25, 0.3) is 0 Å². The molecular formula is C12H14O4S.